The van der Waals surface area contributed by atoms with Crippen molar-refractivity contribution in [2.75, 3.05) is 0 Å². The molecule has 0 saturated heterocycles. The van der Waals surface area contributed by atoms with E-state index in [0.717, 1.165) is 0 Å². The topological polar surface area (TPSA) is 113 Å². The number of nitriles is 1. The summed E-state index contributed by atoms with van der Waals surface area (Å²) < 4.78 is 5.44. The second-order valence-corrected chi connectivity index (χ2v) is 4.15. The third kappa shape index (κ3) is 3.62. The fraction of sp³-hybridized carbons (Fsp3) is 0.308. The highest BCUT2D eigenvalue weighted by Gasteiger charge is 2.09. The number of aromatic nitrogens is 3. The van der Waals surface area contributed by atoms with E-state index in [0.29, 0.717) is 42.3 Å². The second kappa shape index (κ2) is 6.43. The van der Waals surface area contributed by atoms with E-state index in [9.17, 15) is 4.79 Å². The molecule has 0 aliphatic carbocycles. The van der Waals surface area contributed by atoms with Crippen molar-refractivity contribution in [1.82, 2.24) is 15.2 Å². The normalized spacial score (nSPS) is 10.2. The van der Waals surface area contributed by atoms with Gasteiger partial charge in [0.15, 0.2) is 0 Å². The van der Waals surface area contributed by atoms with Gasteiger partial charge < -0.3 is 9.52 Å². The molecule has 0 aliphatic rings. The van der Waals surface area contributed by atoms with Crippen molar-refractivity contribution in [2.24, 2.45) is 0 Å². The molecule has 0 saturated carbocycles. The van der Waals surface area contributed by atoms with Crippen molar-refractivity contribution in [1.29, 1.82) is 5.26 Å². The van der Waals surface area contributed by atoms with Crippen molar-refractivity contribution in [3.63, 3.8) is 0 Å². The fourth-order valence-electron chi connectivity index (χ4n) is 1.60. The molecule has 0 aromatic carbocycles. The van der Waals surface area contributed by atoms with Crippen LogP contribution >= 0.6 is 0 Å². The first-order valence-electron chi connectivity index (χ1n) is 6.10. The van der Waals surface area contributed by atoms with Crippen LogP contribution in [-0.2, 0) is 11.2 Å². The zero-order valence-corrected chi connectivity index (χ0v) is 10.6. The summed E-state index contributed by atoms with van der Waals surface area (Å²) in [4.78, 5) is 14.4. The van der Waals surface area contributed by atoms with Crippen molar-refractivity contribution >= 4 is 5.97 Å². The number of aryl methyl sites for hydroxylation is 1. The number of pyridine rings is 1. The number of aliphatic carboxylic acids is 1. The summed E-state index contributed by atoms with van der Waals surface area (Å²) in [6.45, 7) is 0. The maximum absolute atomic E-state index is 10.4. The number of nitrogens with zero attached hydrogens (tertiary/aromatic N) is 4. The van der Waals surface area contributed by atoms with E-state index in [1.807, 2.05) is 6.07 Å². The molecule has 0 aliphatic heterocycles. The smallest absolute Gasteiger partial charge is 0.303 e. The SMILES string of the molecule is N#Cc1ccc(-c2nnc(CCCCC(=O)O)o2)nc1. The summed E-state index contributed by atoms with van der Waals surface area (Å²) >= 11 is 0. The van der Waals surface area contributed by atoms with Crippen LogP contribution in [0.15, 0.2) is 22.7 Å². The van der Waals surface area contributed by atoms with E-state index < -0.39 is 5.97 Å². The van der Waals surface area contributed by atoms with Gasteiger partial charge in [0.2, 0.25) is 5.89 Å². The highest BCUT2D eigenvalue weighted by atomic mass is 16.4. The number of unbranched alkanes of at least 4 members (excludes halogenated alkanes) is 1. The minimum Gasteiger partial charge on any atom is -0.481 e. The molecule has 2 rings (SSSR count). The Morgan fingerprint density at radius 2 is 2.20 bits per heavy atom. The van der Waals surface area contributed by atoms with Gasteiger partial charge in [-0.05, 0) is 25.0 Å². The first-order valence-corrected chi connectivity index (χ1v) is 6.10. The van der Waals surface area contributed by atoms with Crippen LogP contribution in [0.1, 0.15) is 30.7 Å². The molecular weight excluding hydrogens is 260 g/mol. The number of carboxylic acids is 1. The van der Waals surface area contributed by atoms with E-state index in [2.05, 4.69) is 15.2 Å². The van der Waals surface area contributed by atoms with Gasteiger partial charge in [0.05, 0.1) is 5.56 Å². The molecule has 2 aromatic heterocycles. The number of carbonyl (C=O) groups is 1. The van der Waals surface area contributed by atoms with Gasteiger partial charge in [-0.3, -0.25) is 4.79 Å². The highest BCUT2D eigenvalue weighted by Crippen LogP contribution is 2.16. The minimum atomic E-state index is -0.807. The number of hydrogen-bond donors (Lipinski definition) is 1. The third-order valence-electron chi connectivity index (χ3n) is 2.61. The Morgan fingerprint density at radius 3 is 2.85 bits per heavy atom. The Morgan fingerprint density at radius 1 is 1.35 bits per heavy atom. The molecule has 1 N–H and O–H groups in total. The summed E-state index contributed by atoms with van der Waals surface area (Å²) in [5.74, 6) is -0.0581. The van der Waals surface area contributed by atoms with Crippen LogP contribution in [0.3, 0.4) is 0 Å². The number of rotatable bonds is 6. The molecule has 7 nitrogen and oxygen atoms in total. The largest absolute Gasteiger partial charge is 0.481 e. The second-order valence-electron chi connectivity index (χ2n) is 4.15. The lowest BCUT2D eigenvalue weighted by Gasteiger charge is -1.95. The molecule has 0 unspecified atom stereocenters. The zero-order valence-electron chi connectivity index (χ0n) is 10.6. The Hall–Kier alpha value is -2.75. The van der Waals surface area contributed by atoms with Crippen LogP contribution in [0.2, 0.25) is 0 Å². The van der Waals surface area contributed by atoms with Gasteiger partial charge in [0.1, 0.15) is 11.8 Å². The number of hydrogen-bond acceptors (Lipinski definition) is 6. The monoisotopic (exact) mass is 272 g/mol. The quantitative estimate of drug-likeness (QED) is 0.797. The van der Waals surface area contributed by atoms with E-state index in [4.69, 9.17) is 14.8 Å². The third-order valence-corrected chi connectivity index (χ3v) is 2.61. The molecule has 0 radical (unpaired) electrons. The Kier molecular flexibility index (Phi) is 4.39. The molecule has 2 aromatic rings. The van der Waals surface area contributed by atoms with Crippen molar-refractivity contribution in [2.45, 2.75) is 25.7 Å². The Labute approximate surface area is 114 Å². The highest BCUT2D eigenvalue weighted by molar-refractivity contribution is 5.66. The predicted molar refractivity (Wildman–Crippen MR) is 67.4 cm³/mol. The van der Waals surface area contributed by atoms with E-state index in [1.54, 1.807) is 12.1 Å². The van der Waals surface area contributed by atoms with Gasteiger partial charge in [-0.1, -0.05) is 0 Å². The minimum absolute atomic E-state index is 0.137. The molecule has 7 heteroatoms. The van der Waals surface area contributed by atoms with Gasteiger partial charge >= 0.3 is 5.97 Å². The van der Waals surface area contributed by atoms with Gasteiger partial charge in [0.25, 0.3) is 5.89 Å². The van der Waals surface area contributed by atoms with Crippen LogP contribution in [-0.4, -0.2) is 26.3 Å². The van der Waals surface area contributed by atoms with Gasteiger partial charge in [0, 0.05) is 19.0 Å². The van der Waals surface area contributed by atoms with E-state index >= 15 is 0 Å². The molecule has 20 heavy (non-hydrogen) atoms. The molecule has 0 atom stereocenters. The lowest BCUT2D eigenvalue weighted by atomic mass is 10.2. The molecule has 0 bridgehead atoms. The molecule has 2 heterocycles. The van der Waals surface area contributed by atoms with Crippen LogP contribution in [0.4, 0.5) is 0 Å². The van der Waals surface area contributed by atoms with Crippen molar-refractivity contribution < 1.29 is 14.3 Å². The van der Waals surface area contributed by atoms with Crippen LogP contribution in [0.5, 0.6) is 0 Å². The predicted octanol–water partition coefficient (Wildman–Crippen LogP) is 1.80. The van der Waals surface area contributed by atoms with Gasteiger partial charge in [-0.2, -0.15) is 5.26 Å². The first kappa shape index (κ1) is 13.7. The molecular formula is C13H12N4O3. The average Bonchev–Trinajstić information content (AvgIpc) is 2.92. The maximum atomic E-state index is 10.4. The van der Waals surface area contributed by atoms with Crippen molar-refractivity contribution in [3.8, 4) is 17.7 Å². The molecule has 0 amide bonds. The van der Waals surface area contributed by atoms with Crippen LogP contribution in [0.25, 0.3) is 11.6 Å². The molecule has 0 spiro atoms. The standard InChI is InChI=1S/C13H12N4O3/c14-7-9-5-6-10(15-8-9)13-17-16-11(20-13)3-1-2-4-12(18)19/h5-6,8H,1-4H2,(H,18,19). The molecule has 102 valence electrons. The van der Waals surface area contributed by atoms with Gasteiger partial charge in [-0.15, -0.1) is 10.2 Å². The maximum Gasteiger partial charge on any atom is 0.303 e. The van der Waals surface area contributed by atoms with E-state index in [1.165, 1.54) is 6.20 Å². The average molecular weight is 272 g/mol. The summed E-state index contributed by atoms with van der Waals surface area (Å²) in [5.41, 5.74) is 0.968. The molecule has 0 fully saturated rings. The number of carboxylic acid groups (broad SMARTS) is 1. The summed E-state index contributed by atoms with van der Waals surface area (Å²) in [7, 11) is 0. The first-order chi connectivity index (χ1) is 9.69. The van der Waals surface area contributed by atoms with Crippen LogP contribution < -0.4 is 0 Å². The summed E-state index contributed by atoms with van der Waals surface area (Å²) in [6.07, 6.45) is 3.36. The Bertz CT molecular complexity index is 628. The summed E-state index contributed by atoms with van der Waals surface area (Å²) in [6, 6.07) is 5.24. The van der Waals surface area contributed by atoms with Crippen molar-refractivity contribution in [3.05, 3.63) is 29.8 Å². The van der Waals surface area contributed by atoms with E-state index in [-0.39, 0.29) is 6.42 Å². The lowest BCUT2D eigenvalue weighted by molar-refractivity contribution is -0.137. The van der Waals surface area contributed by atoms with Gasteiger partial charge in [-0.25, -0.2) is 4.98 Å². The fourth-order valence-corrected chi connectivity index (χ4v) is 1.60. The lowest BCUT2D eigenvalue weighted by Crippen LogP contribution is -1.95. The zero-order chi connectivity index (χ0) is 14.4. The summed E-state index contributed by atoms with van der Waals surface area (Å²) in [5, 5.41) is 25.0. The van der Waals surface area contributed by atoms with Crippen LogP contribution in [0, 0.1) is 11.3 Å². The Balaban J connectivity index is 1.94.